The molecule has 3 saturated carbocycles. The van der Waals surface area contributed by atoms with Crippen molar-refractivity contribution in [2.75, 3.05) is 6.61 Å². The van der Waals surface area contributed by atoms with E-state index < -0.39 is 82.1 Å². The van der Waals surface area contributed by atoms with Crippen molar-refractivity contribution >= 4 is 17.7 Å². The van der Waals surface area contributed by atoms with Gasteiger partial charge in [0.2, 0.25) is 0 Å². The van der Waals surface area contributed by atoms with Crippen molar-refractivity contribution < 1.29 is 43.9 Å². The summed E-state index contributed by atoms with van der Waals surface area (Å²) in [4.78, 5) is 39.1. The Hall–Kier alpha value is -1.81. The Bertz CT molecular complexity index is 1160. The van der Waals surface area contributed by atoms with Crippen LogP contribution in [0, 0.1) is 23.2 Å². The minimum Gasteiger partial charge on any atom is -0.458 e. The molecule has 5 aliphatic rings. The Morgan fingerprint density at radius 1 is 1.00 bits per heavy atom. The van der Waals surface area contributed by atoms with Crippen LogP contribution in [0.15, 0.2) is 11.6 Å². The number of fused-ring (bicyclic) bond motifs is 7. The number of aliphatic hydroxyl groups is 3. The van der Waals surface area contributed by atoms with Gasteiger partial charge >= 0.3 is 11.9 Å². The van der Waals surface area contributed by atoms with E-state index in [1.807, 2.05) is 13.8 Å². The molecule has 0 bridgehead atoms. The van der Waals surface area contributed by atoms with Crippen LogP contribution in [-0.4, -0.2) is 74.3 Å². The Labute approximate surface area is 262 Å². The molecule has 248 valence electrons. The summed E-state index contributed by atoms with van der Waals surface area (Å²) in [7, 11) is 0. The number of hydrogen-bond donors (Lipinski definition) is 3. The summed E-state index contributed by atoms with van der Waals surface area (Å²) in [5.41, 5.74) is -6.41. The van der Waals surface area contributed by atoms with Gasteiger partial charge in [-0.05, 0) is 18.9 Å². The number of rotatable bonds is 15. The molecule has 0 spiro atoms. The van der Waals surface area contributed by atoms with E-state index in [0.717, 1.165) is 19.3 Å². The van der Waals surface area contributed by atoms with Gasteiger partial charge in [-0.2, -0.15) is 0 Å². The average Bonchev–Trinajstić information content (AvgIpc) is 3.76. The number of carbonyl (C=O) groups excluding carboxylic acids is 3. The number of ketones is 1. The van der Waals surface area contributed by atoms with Crippen molar-refractivity contribution in [3.05, 3.63) is 11.6 Å². The van der Waals surface area contributed by atoms with E-state index in [9.17, 15) is 29.7 Å². The highest BCUT2D eigenvalue weighted by molar-refractivity contribution is 6.04. The molecule has 0 aromatic carbocycles. The monoisotopic (exact) mass is 618 g/mol. The molecule has 0 amide bonds. The summed E-state index contributed by atoms with van der Waals surface area (Å²) >= 11 is 0. The van der Waals surface area contributed by atoms with Gasteiger partial charge < -0.3 is 29.5 Å². The molecule has 4 fully saturated rings. The lowest BCUT2D eigenvalue weighted by molar-refractivity contribution is -0.214. The molecule has 0 aromatic heterocycles. The maximum absolute atomic E-state index is 13.3. The third-order valence-corrected chi connectivity index (χ3v) is 11.9. The molecular formula is C35H54O9. The third kappa shape index (κ3) is 5.27. The zero-order valence-electron chi connectivity index (χ0n) is 27.4. The number of epoxide rings is 1. The SMILES string of the molecule is CCCCCCCCCCCCCC(=O)OC1CC2(O)C(C3OC3(CO)CC3(O)C(=O)C(C)=CC32)C2C(C)(C)C12OC(C)=O. The van der Waals surface area contributed by atoms with Crippen molar-refractivity contribution in [2.45, 2.75) is 159 Å². The Kier molecular flexibility index (Phi) is 9.22. The fourth-order valence-corrected chi connectivity index (χ4v) is 9.65. The van der Waals surface area contributed by atoms with Crippen LogP contribution in [-0.2, 0) is 28.6 Å². The highest BCUT2D eigenvalue weighted by Gasteiger charge is 2.90. The van der Waals surface area contributed by atoms with E-state index in [4.69, 9.17) is 14.2 Å². The molecule has 9 nitrogen and oxygen atoms in total. The van der Waals surface area contributed by atoms with Crippen molar-refractivity contribution in [3.63, 3.8) is 0 Å². The second kappa shape index (κ2) is 12.1. The van der Waals surface area contributed by atoms with Gasteiger partial charge in [-0.3, -0.25) is 14.4 Å². The highest BCUT2D eigenvalue weighted by atomic mass is 16.6. The molecule has 1 heterocycles. The predicted octanol–water partition coefficient (Wildman–Crippen LogP) is 4.72. The second-order valence-corrected chi connectivity index (χ2v) is 15.1. The van der Waals surface area contributed by atoms with Gasteiger partial charge in [0.15, 0.2) is 11.4 Å². The van der Waals surface area contributed by atoms with E-state index in [1.165, 1.54) is 51.9 Å². The summed E-state index contributed by atoms with van der Waals surface area (Å²) < 4.78 is 18.2. The van der Waals surface area contributed by atoms with E-state index in [1.54, 1.807) is 13.0 Å². The molecule has 4 aliphatic carbocycles. The van der Waals surface area contributed by atoms with Crippen LogP contribution in [0.25, 0.3) is 0 Å². The van der Waals surface area contributed by atoms with Crippen molar-refractivity contribution in [1.82, 2.24) is 0 Å². The first kappa shape index (κ1) is 33.6. The largest absolute Gasteiger partial charge is 0.458 e. The average molecular weight is 619 g/mol. The molecule has 44 heavy (non-hydrogen) atoms. The quantitative estimate of drug-likeness (QED) is 0.135. The molecule has 0 aromatic rings. The van der Waals surface area contributed by atoms with Gasteiger partial charge in [-0.15, -0.1) is 0 Å². The molecule has 0 radical (unpaired) electrons. The first-order chi connectivity index (χ1) is 20.7. The minimum absolute atomic E-state index is 0.125. The topological polar surface area (TPSA) is 143 Å². The Balaban J connectivity index is 1.29. The summed E-state index contributed by atoms with van der Waals surface area (Å²) in [6.07, 6.45) is 12.8. The maximum atomic E-state index is 13.3. The zero-order valence-corrected chi connectivity index (χ0v) is 27.4. The summed E-state index contributed by atoms with van der Waals surface area (Å²) in [5.74, 6) is -3.55. The Morgan fingerprint density at radius 3 is 2.16 bits per heavy atom. The van der Waals surface area contributed by atoms with Gasteiger partial charge in [-0.1, -0.05) is 91.1 Å². The number of ether oxygens (including phenoxy) is 3. The molecular weight excluding hydrogens is 564 g/mol. The van der Waals surface area contributed by atoms with Gasteiger partial charge in [-0.25, -0.2) is 0 Å². The fourth-order valence-electron chi connectivity index (χ4n) is 9.65. The lowest BCUT2D eigenvalue weighted by Gasteiger charge is -2.49. The first-order valence-electron chi connectivity index (χ1n) is 17.1. The lowest BCUT2D eigenvalue weighted by Crippen LogP contribution is -2.62. The maximum Gasteiger partial charge on any atom is 0.306 e. The van der Waals surface area contributed by atoms with Crippen LogP contribution in [0.2, 0.25) is 0 Å². The van der Waals surface area contributed by atoms with Crippen molar-refractivity contribution in [1.29, 1.82) is 0 Å². The van der Waals surface area contributed by atoms with E-state index in [2.05, 4.69) is 6.92 Å². The molecule has 5 rings (SSSR count). The van der Waals surface area contributed by atoms with Crippen molar-refractivity contribution in [3.8, 4) is 0 Å². The number of carbonyl (C=O) groups is 3. The van der Waals surface area contributed by atoms with E-state index >= 15 is 0 Å². The van der Waals surface area contributed by atoms with Crippen LogP contribution < -0.4 is 0 Å². The Morgan fingerprint density at radius 2 is 1.59 bits per heavy atom. The highest BCUT2D eigenvalue weighted by Crippen LogP contribution is 2.78. The normalized spacial score (nSPS) is 41.0. The molecule has 9 heteroatoms. The zero-order chi connectivity index (χ0) is 32.1. The molecule has 1 aliphatic heterocycles. The molecule has 9 atom stereocenters. The van der Waals surface area contributed by atoms with Crippen LogP contribution in [0.3, 0.4) is 0 Å². The minimum atomic E-state index is -1.96. The number of unbranched alkanes of at least 4 members (excludes halogenated alkanes) is 10. The first-order valence-corrected chi connectivity index (χ1v) is 17.1. The van der Waals surface area contributed by atoms with Crippen LogP contribution in [0.4, 0.5) is 0 Å². The van der Waals surface area contributed by atoms with Crippen LogP contribution in [0.1, 0.15) is 125 Å². The number of Topliss-reactive ketones (excluding diaryl/α,β-unsaturated/α-hetero) is 1. The van der Waals surface area contributed by atoms with Crippen molar-refractivity contribution in [2.24, 2.45) is 23.2 Å². The van der Waals surface area contributed by atoms with Gasteiger partial charge in [0.1, 0.15) is 17.3 Å². The molecule has 9 unspecified atom stereocenters. The number of hydrogen-bond acceptors (Lipinski definition) is 9. The fraction of sp³-hybridized carbons (Fsp3) is 0.857. The van der Waals surface area contributed by atoms with E-state index in [-0.39, 0.29) is 19.3 Å². The smallest absolute Gasteiger partial charge is 0.306 e. The van der Waals surface area contributed by atoms with Gasteiger partial charge in [0.25, 0.3) is 0 Å². The predicted molar refractivity (Wildman–Crippen MR) is 162 cm³/mol. The molecule has 3 N–H and O–H groups in total. The number of esters is 2. The molecule has 1 saturated heterocycles. The summed E-state index contributed by atoms with van der Waals surface area (Å²) in [5, 5.41) is 34.9. The van der Waals surface area contributed by atoms with Gasteiger partial charge in [0.05, 0.1) is 18.3 Å². The standard InChI is InChI=1S/C35H54O9/c1-6-7-8-9-10-11-12-13-14-15-16-17-26(38)42-25-19-33(40)24-18-22(2)29(39)34(24,41)20-32(21-36)30(44-32)27(33)28-31(4,5)35(25,28)43-23(3)37/h18,24-25,27-28,30,36,40-41H,6-17,19-21H2,1-5H3. The van der Waals surface area contributed by atoms with E-state index in [0.29, 0.717) is 12.0 Å². The third-order valence-electron chi connectivity index (χ3n) is 11.9. The second-order valence-electron chi connectivity index (χ2n) is 15.1. The van der Waals surface area contributed by atoms with Crippen LogP contribution in [0.5, 0.6) is 0 Å². The summed E-state index contributed by atoms with van der Waals surface area (Å²) in [6.45, 7) is 8.60. The van der Waals surface area contributed by atoms with Crippen LogP contribution >= 0.6 is 0 Å². The van der Waals surface area contributed by atoms with Gasteiger partial charge in [0, 0.05) is 49.4 Å². The lowest BCUT2D eigenvalue weighted by atomic mass is 9.63. The summed E-state index contributed by atoms with van der Waals surface area (Å²) in [6, 6.07) is 0. The number of aliphatic hydroxyl groups excluding tert-OH is 1.